The molecule has 1 aliphatic heterocycles. The van der Waals surface area contributed by atoms with E-state index in [9.17, 15) is 4.79 Å². The minimum Gasteiger partial charge on any atom is -0.475 e. The number of hydrogen-bond acceptors (Lipinski definition) is 4. The van der Waals surface area contributed by atoms with Crippen LogP contribution in [0.1, 0.15) is 19.4 Å². The summed E-state index contributed by atoms with van der Waals surface area (Å²) >= 11 is 0. The van der Waals surface area contributed by atoms with E-state index in [2.05, 4.69) is 15.6 Å². The lowest BCUT2D eigenvalue weighted by Crippen LogP contribution is -2.34. The molecule has 1 saturated heterocycles. The van der Waals surface area contributed by atoms with Crippen LogP contribution in [0.4, 0.5) is 4.79 Å². The molecule has 2 N–H and O–H groups in total. The van der Waals surface area contributed by atoms with Gasteiger partial charge in [-0.05, 0) is 19.9 Å². The molecule has 0 saturated carbocycles. The van der Waals surface area contributed by atoms with Gasteiger partial charge in [-0.25, -0.2) is 9.78 Å². The lowest BCUT2D eigenvalue weighted by Gasteiger charge is -2.16. The molecule has 1 aromatic rings. The highest BCUT2D eigenvalue weighted by atomic mass is 16.5. The Balaban J connectivity index is 1.77. The number of urea groups is 1. The van der Waals surface area contributed by atoms with Gasteiger partial charge < -0.3 is 20.3 Å². The number of rotatable bonds is 7. The zero-order chi connectivity index (χ0) is 14.4. The monoisotopic (exact) mass is 278 g/mol. The molecular weight excluding hydrogens is 256 g/mol. The average Bonchev–Trinajstić information content (AvgIpc) is 2.81. The third-order valence-corrected chi connectivity index (χ3v) is 3.02. The number of hydrogen-bond donors (Lipinski definition) is 2. The number of amides is 2. The Morgan fingerprint density at radius 1 is 1.55 bits per heavy atom. The summed E-state index contributed by atoms with van der Waals surface area (Å²) in [7, 11) is 0. The van der Waals surface area contributed by atoms with Crippen LogP contribution in [-0.4, -0.2) is 48.2 Å². The predicted molar refractivity (Wildman–Crippen MR) is 76.7 cm³/mol. The highest BCUT2D eigenvalue weighted by molar-refractivity contribution is 5.76. The van der Waals surface area contributed by atoms with Crippen molar-refractivity contribution in [1.82, 2.24) is 20.5 Å². The van der Waals surface area contributed by atoms with E-state index >= 15 is 0 Å². The molecule has 110 valence electrons. The second-order valence-corrected chi connectivity index (χ2v) is 5.03. The van der Waals surface area contributed by atoms with Gasteiger partial charge in [-0.2, -0.15) is 0 Å². The Labute approximate surface area is 119 Å². The van der Waals surface area contributed by atoms with E-state index < -0.39 is 0 Å². The fraction of sp³-hybridized carbons (Fsp3) is 0.571. The maximum absolute atomic E-state index is 11.4. The van der Waals surface area contributed by atoms with Crippen LogP contribution in [0.2, 0.25) is 0 Å². The SMILES string of the molecule is CC(C)Oc1ncccc1CNCCN1CCNC1=O. The summed E-state index contributed by atoms with van der Waals surface area (Å²) in [5.41, 5.74) is 1.03. The van der Waals surface area contributed by atoms with Gasteiger partial charge in [0.2, 0.25) is 5.88 Å². The topological polar surface area (TPSA) is 66.5 Å². The zero-order valence-corrected chi connectivity index (χ0v) is 12.1. The normalized spacial score (nSPS) is 14.8. The largest absolute Gasteiger partial charge is 0.475 e. The van der Waals surface area contributed by atoms with Crippen molar-refractivity contribution in [3.05, 3.63) is 23.9 Å². The summed E-state index contributed by atoms with van der Waals surface area (Å²) < 4.78 is 5.67. The molecule has 6 heteroatoms. The van der Waals surface area contributed by atoms with E-state index in [4.69, 9.17) is 4.74 Å². The second kappa shape index (κ2) is 7.09. The first-order valence-corrected chi connectivity index (χ1v) is 7.01. The highest BCUT2D eigenvalue weighted by Gasteiger charge is 2.18. The van der Waals surface area contributed by atoms with Crippen LogP contribution in [0, 0.1) is 0 Å². The van der Waals surface area contributed by atoms with Crippen molar-refractivity contribution < 1.29 is 9.53 Å². The molecule has 0 aromatic carbocycles. The second-order valence-electron chi connectivity index (χ2n) is 5.03. The smallest absolute Gasteiger partial charge is 0.317 e. The van der Waals surface area contributed by atoms with Crippen molar-refractivity contribution in [2.75, 3.05) is 26.2 Å². The maximum Gasteiger partial charge on any atom is 0.317 e. The van der Waals surface area contributed by atoms with Crippen LogP contribution in [-0.2, 0) is 6.54 Å². The van der Waals surface area contributed by atoms with Gasteiger partial charge in [0.25, 0.3) is 0 Å². The molecule has 0 aliphatic carbocycles. The van der Waals surface area contributed by atoms with Gasteiger partial charge in [-0.1, -0.05) is 6.07 Å². The molecular formula is C14H22N4O2. The Kier molecular flexibility index (Phi) is 5.17. The summed E-state index contributed by atoms with van der Waals surface area (Å²) in [6, 6.07) is 3.93. The van der Waals surface area contributed by atoms with Crippen LogP contribution in [0.5, 0.6) is 5.88 Å². The minimum atomic E-state index is 0.0250. The molecule has 0 spiro atoms. The summed E-state index contributed by atoms with van der Waals surface area (Å²) in [6.07, 6.45) is 1.84. The number of aromatic nitrogens is 1. The van der Waals surface area contributed by atoms with Crippen LogP contribution in [0.15, 0.2) is 18.3 Å². The van der Waals surface area contributed by atoms with Crippen molar-refractivity contribution >= 4 is 6.03 Å². The number of pyridine rings is 1. The van der Waals surface area contributed by atoms with Gasteiger partial charge in [-0.15, -0.1) is 0 Å². The number of nitrogens with zero attached hydrogens (tertiary/aromatic N) is 2. The number of carbonyl (C=O) groups is 1. The fourth-order valence-electron chi connectivity index (χ4n) is 2.05. The van der Waals surface area contributed by atoms with Gasteiger partial charge in [0.05, 0.1) is 6.10 Å². The van der Waals surface area contributed by atoms with Crippen molar-refractivity contribution in [3.8, 4) is 5.88 Å². The average molecular weight is 278 g/mol. The summed E-state index contributed by atoms with van der Waals surface area (Å²) in [5.74, 6) is 0.675. The highest BCUT2D eigenvalue weighted by Crippen LogP contribution is 2.15. The van der Waals surface area contributed by atoms with Crippen LogP contribution in [0.25, 0.3) is 0 Å². The molecule has 20 heavy (non-hydrogen) atoms. The van der Waals surface area contributed by atoms with Gasteiger partial charge in [0.1, 0.15) is 0 Å². The standard InChI is InChI=1S/C14H22N4O2/c1-11(2)20-13-12(4-3-5-16-13)10-15-6-8-18-9-7-17-14(18)19/h3-5,11,15H,6-10H2,1-2H3,(H,17,19). The van der Waals surface area contributed by atoms with E-state index in [1.54, 1.807) is 6.20 Å². The molecule has 1 aromatic heterocycles. The van der Waals surface area contributed by atoms with Gasteiger partial charge in [-0.3, -0.25) is 0 Å². The fourth-order valence-corrected chi connectivity index (χ4v) is 2.05. The maximum atomic E-state index is 11.4. The van der Waals surface area contributed by atoms with E-state index in [0.29, 0.717) is 19.0 Å². The molecule has 0 unspecified atom stereocenters. The van der Waals surface area contributed by atoms with E-state index in [0.717, 1.165) is 25.2 Å². The Morgan fingerprint density at radius 2 is 2.40 bits per heavy atom. The Hall–Kier alpha value is -1.82. The van der Waals surface area contributed by atoms with Crippen LogP contribution >= 0.6 is 0 Å². The Morgan fingerprint density at radius 3 is 3.10 bits per heavy atom. The third-order valence-electron chi connectivity index (χ3n) is 3.02. The van der Waals surface area contributed by atoms with Gasteiger partial charge >= 0.3 is 6.03 Å². The van der Waals surface area contributed by atoms with Gasteiger partial charge in [0.15, 0.2) is 0 Å². The molecule has 2 amide bonds. The first kappa shape index (κ1) is 14.6. The molecule has 6 nitrogen and oxygen atoms in total. The predicted octanol–water partition coefficient (Wildman–Crippen LogP) is 0.984. The van der Waals surface area contributed by atoms with Crippen molar-refractivity contribution in [3.63, 3.8) is 0 Å². The van der Waals surface area contributed by atoms with E-state index in [1.807, 2.05) is 30.9 Å². The summed E-state index contributed by atoms with van der Waals surface area (Å²) in [6.45, 7) is 7.65. The van der Waals surface area contributed by atoms with Crippen LogP contribution in [0.3, 0.4) is 0 Å². The molecule has 1 fully saturated rings. The molecule has 0 bridgehead atoms. The number of ether oxygens (including phenoxy) is 1. The van der Waals surface area contributed by atoms with Gasteiger partial charge in [0, 0.05) is 44.5 Å². The quantitative estimate of drug-likeness (QED) is 0.730. The molecule has 1 aliphatic rings. The molecule has 0 atom stereocenters. The van der Waals surface area contributed by atoms with E-state index in [-0.39, 0.29) is 12.1 Å². The zero-order valence-electron chi connectivity index (χ0n) is 12.1. The van der Waals surface area contributed by atoms with E-state index in [1.165, 1.54) is 0 Å². The van der Waals surface area contributed by atoms with Crippen LogP contribution < -0.4 is 15.4 Å². The Bertz CT molecular complexity index is 451. The van der Waals surface area contributed by atoms with Crippen molar-refractivity contribution in [1.29, 1.82) is 0 Å². The molecule has 0 radical (unpaired) electrons. The number of carbonyl (C=O) groups excluding carboxylic acids is 1. The first-order valence-electron chi connectivity index (χ1n) is 7.01. The number of nitrogens with one attached hydrogen (secondary N) is 2. The molecule has 2 heterocycles. The summed E-state index contributed by atoms with van der Waals surface area (Å²) in [4.78, 5) is 17.4. The first-order chi connectivity index (χ1) is 9.66. The lowest BCUT2D eigenvalue weighted by molar-refractivity contribution is 0.217. The van der Waals surface area contributed by atoms with Crippen molar-refractivity contribution in [2.24, 2.45) is 0 Å². The lowest BCUT2D eigenvalue weighted by atomic mass is 10.2. The third kappa shape index (κ3) is 4.09. The summed E-state index contributed by atoms with van der Waals surface area (Å²) in [5, 5.41) is 6.11. The minimum absolute atomic E-state index is 0.0250. The van der Waals surface area contributed by atoms with Crippen molar-refractivity contribution in [2.45, 2.75) is 26.5 Å². The molecule has 2 rings (SSSR count).